The first-order valence-corrected chi connectivity index (χ1v) is 18.1. The molecule has 0 radical (unpaired) electrons. The van der Waals surface area contributed by atoms with Gasteiger partial charge in [0.1, 0.15) is 13.2 Å². The molecule has 0 aliphatic carbocycles. The van der Waals surface area contributed by atoms with Gasteiger partial charge in [-0.2, -0.15) is 0 Å². The van der Waals surface area contributed by atoms with Gasteiger partial charge in [-0.25, -0.2) is 9.78 Å². The SMILES string of the molecule is CCCCCCCCCC(=O)NCCOCCOCCOCCOCCOCCOCCOCCOCCOCCOCCOOCC(=O)[O-].[Na+]. The summed E-state index contributed by atoms with van der Waals surface area (Å²) in [5.74, 6) is -1.25. The summed E-state index contributed by atoms with van der Waals surface area (Å²) in [4.78, 5) is 30.8. The predicted octanol–water partition coefficient (Wildman–Crippen LogP) is -1.89. The number of hydrogen-bond acceptors (Lipinski definition) is 15. The van der Waals surface area contributed by atoms with Crippen molar-refractivity contribution >= 4 is 11.9 Å². The van der Waals surface area contributed by atoms with Crippen LogP contribution in [0.5, 0.6) is 0 Å². The van der Waals surface area contributed by atoms with Gasteiger partial charge in [-0.15, -0.1) is 0 Å². The van der Waals surface area contributed by atoms with Crippen molar-refractivity contribution in [3.8, 4) is 0 Å². The van der Waals surface area contributed by atoms with Gasteiger partial charge >= 0.3 is 29.6 Å². The molecule has 17 heteroatoms. The molecule has 0 aromatic heterocycles. The standard InChI is InChI=1S/C34H67NO15.Na/c1-2-3-4-5-6-7-8-9-33(36)35-10-11-39-12-13-40-14-15-41-16-17-42-18-19-43-20-21-44-22-23-45-24-25-46-26-27-47-28-29-48-30-31-49-50-32-34(37)38;/h2-32H2,1H3,(H,35,36)(H,37,38);/q;+1/p-1. The number of ether oxygens (including phenoxy) is 10. The molecule has 51 heavy (non-hydrogen) atoms. The van der Waals surface area contributed by atoms with Crippen molar-refractivity contribution < 1.29 is 101 Å². The Morgan fingerprint density at radius 3 is 1.10 bits per heavy atom. The Morgan fingerprint density at radius 2 is 0.745 bits per heavy atom. The van der Waals surface area contributed by atoms with Crippen LogP contribution in [-0.2, 0) is 66.7 Å². The molecule has 0 rings (SSSR count). The molecule has 0 aromatic rings. The van der Waals surface area contributed by atoms with Crippen molar-refractivity contribution in [2.75, 3.05) is 152 Å². The van der Waals surface area contributed by atoms with E-state index >= 15 is 0 Å². The first kappa shape index (κ1) is 52.6. The van der Waals surface area contributed by atoms with E-state index in [-0.39, 0.29) is 48.7 Å². The van der Waals surface area contributed by atoms with Gasteiger partial charge in [0.05, 0.1) is 138 Å². The first-order chi connectivity index (χ1) is 24.7. The Labute approximate surface area is 327 Å². The molecule has 0 unspecified atom stereocenters. The molecule has 0 saturated heterocycles. The average molecular weight is 752 g/mol. The second-order valence-electron chi connectivity index (χ2n) is 10.8. The summed E-state index contributed by atoms with van der Waals surface area (Å²) in [6.45, 7) is 11.4. The zero-order chi connectivity index (χ0) is 36.3. The number of carbonyl (C=O) groups is 2. The van der Waals surface area contributed by atoms with Crippen LogP contribution in [0.2, 0.25) is 0 Å². The fraction of sp³-hybridized carbons (Fsp3) is 0.941. The normalized spacial score (nSPS) is 11.2. The summed E-state index contributed by atoms with van der Waals surface area (Å²) in [5.41, 5.74) is 0. The third-order valence-corrected chi connectivity index (χ3v) is 6.50. The van der Waals surface area contributed by atoms with E-state index in [1.165, 1.54) is 32.1 Å². The molecule has 0 heterocycles. The van der Waals surface area contributed by atoms with Gasteiger partial charge in [-0.1, -0.05) is 45.4 Å². The monoisotopic (exact) mass is 751 g/mol. The summed E-state index contributed by atoms with van der Waals surface area (Å²) in [7, 11) is 0. The minimum atomic E-state index is -1.35. The fourth-order valence-corrected chi connectivity index (χ4v) is 3.92. The van der Waals surface area contributed by atoms with E-state index in [1.807, 2.05) is 0 Å². The topological polar surface area (TPSA) is 180 Å². The minimum absolute atomic E-state index is 0. The number of carboxylic acids is 1. The molecule has 0 atom stereocenters. The maximum Gasteiger partial charge on any atom is 1.00 e. The Morgan fingerprint density at radius 1 is 0.431 bits per heavy atom. The van der Waals surface area contributed by atoms with Crippen LogP contribution in [0.1, 0.15) is 58.3 Å². The van der Waals surface area contributed by atoms with E-state index in [0.717, 1.165) is 12.8 Å². The molecule has 0 spiro atoms. The van der Waals surface area contributed by atoms with E-state index in [4.69, 9.17) is 47.4 Å². The Kier molecular flexibility index (Phi) is 48.9. The number of unbranched alkanes of at least 4 members (excludes halogenated alkanes) is 6. The van der Waals surface area contributed by atoms with Crippen LogP contribution in [0.4, 0.5) is 0 Å². The Bertz CT molecular complexity index is 700. The second-order valence-corrected chi connectivity index (χ2v) is 10.8. The molecule has 0 fully saturated rings. The molecule has 1 N–H and O–H groups in total. The quantitative estimate of drug-likeness (QED) is 0.0316. The molecule has 0 bridgehead atoms. The van der Waals surface area contributed by atoms with Crippen LogP contribution >= 0.6 is 0 Å². The van der Waals surface area contributed by atoms with Gasteiger partial charge in [0.2, 0.25) is 5.91 Å². The number of hydrogen-bond donors (Lipinski definition) is 1. The Hall–Kier alpha value is -0.540. The molecule has 0 aliphatic rings. The molecular weight excluding hydrogens is 685 g/mol. The van der Waals surface area contributed by atoms with E-state index < -0.39 is 12.6 Å². The number of rotatable bonds is 44. The van der Waals surface area contributed by atoms with Crippen molar-refractivity contribution in [2.24, 2.45) is 0 Å². The average Bonchev–Trinajstić information content (AvgIpc) is 3.11. The van der Waals surface area contributed by atoms with Crippen LogP contribution in [-0.4, -0.2) is 164 Å². The van der Waals surface area contributed by atoms with Gasteiger partial charge in [-0.3, -0.25) is 4.79 Å². The zero-order valence-electron chi connectivity index (χ0n) is 31.5. The molecule has 16 nitrogen and oxygen atoms in total. The van der Waals surface area contributed by atoms with Gasteiger partial charge in [-0.05, 0) is 6.42 Å². The summed E-state index contributed by atoms with van der Waals surface area (Å²) in [6, 6.07) is 0. The van der Waals surface area contributed by atoms with Gasteiger partial charge < -0.3 is 62.6 Å². The smallest absolute Gasteiger partial charge is 0.547 e. The van der Waals surface area contributed by atoms with Crippen molar-refractivity contribution in [1.29, 1.82) is 0 Å². The van der Waals surface area contributed by atoms with Crippen molar-refractivity contribution in [2.45, 2.75) is 58.3 Å². The van der Waals surface area contributed by atoms with Crippen LogP contribution in [0, 0.1) is 0 Å². The molecule has 0 aliphatic heterocycles. The zero-order valence-corrected chi connectivity index (χ0v) is 33.5. The van der Waals surface area contributed by atoms with Crippen LogP contribution < -0.4 is 40.0 Å². The van der Waals surface area contributed by atoms with E-state index in [9.17, 15) is 14.7 Å². The summed E-state index contributed by atoms with van der Waals surface area (Å²) >= 11 is 0. The van der Waals surface area contributed by atoms with E-state index in [2.05, 4.69) is 22.0 Å². The fourth-order valence-electron chi connectivity index (χ4n) is 3.92. The van der Waals surface area contributed by atoms with Crippen molar-refractivity contribution in [3.05, 3.63) is 0 Å². The number of carboxylic acid groups (broad SMARTS) is 1. The number of amides is 1. The largest absolute Gasteiger partial charge is 1.00 e. The maximum atomic E-state index is 11.8. The van der Waals surface area contributed by atoms with Gasteiger partial charge in [0.15, 0.2) is 0 Å². The van der Waals surface area contributed by atoms with Crippen LogP contribution in [0.3, 0.4) is 0 Å². The van der Waals surface area contributed by atoms with Crippen LogP contribution in [0.25, 0.3) is 0 Å². The van der Waals surface area contributed by atoms with Crippen molar-refractivity contribution in [1.82, 2.24) is 5.32 Å². The molecular formula is C34H66NNaO15. The first-order valence-electron chi connectivity index (χ1n) is 18.1. The number of aliphatic carboxylic acids is 1. The summed E-state index contributed by atoms with van der Waals surface area (Å²) in [6.07, 6.45) is 9.05. The van der Waals surface area contributed by atoms with Gasteiger partial charge in [0.25, 0.3) is 0 Å². The molecule has 0 saturated carbocycles. The van der Waals surface area contributed by atoms with Crippen LogP contribution in [0.15, 0.2) is 0 Å². The third-order valence-electron chi connectivity index (χ3n) is 6.50. The second kappa shape index (κ2) is 47.5. The van der Waals surface area contributed by atoms with Gasteiger partial charge in [0, 0.05) is 13.0 Å². The van der Waals surface area contributed by atoms with Crippen molar-refractivity contribution in [3.63, 3.8) is 0 Å². The molecule has 298 valence electrons. The molecule has 0 aromatic carbocycles. The maximum absolute atomic E-state index is 11.8. The Balaban J connectivity index is 0. The molecule has 1 amide bonds. The van der Waals surface area contributed by atoms with E-state index in [1.54, 1.807) is 0 Å². The summed E-state index contributed by atoms with van der Waals surface area (Å²) in [5, 5.41) is 13.0. The minimum Gasteiger partial charge on any atom is -0.547 e. The summed E-state index contributed by atoms with van der Waals surface area (Å²) < 4.78 is 54.3. The van der Waals surface area contributed by atoms with E-state index in [0.29, 0.717) is 138 Å². The number of carbonyl (C=O) groups excluding carboxylic acids is 2. The predicted molar refractivity (Wildman–Crippen MR) is 181 cm³/mol. The number of nitrogens with one attached hydrogen (secondary N) is 1. The third kappa shape index (κ3) is 49.5.